The van der Waals surface area contributed by atoms with Crippen LogP contribution in [0.25, 0.3) is 11.0 Å². The normalized spacial score (nSPS) is 31.7. The molecule has 8 heteroatoms. The zero-order chi connectivity index (χ0) is 27.1. The molecule has 4 unspecified atom stereocenters. The van der Waals surface area contributed by atoms with Gasteiger partial charge in [-0.15, -0.1) is 0 Å². The zero-order valence-corrected chi connectivity index (χ0v) is 23.3. The number of aliphatic carboxylic acids is 1. The van der Waals surface area contributed by atoms with Crippen molar-refractivity contribution in [1.29, 1.82) is 0 Å². The van der Waals surface area contributed by atoms with Crippen LogP contribution in [0.15, 0.2) is 34.2 Å². The number of carboxylic acids is 1. The van der Waals surface area contributed by atoms with Gasteiger partial charge in [0.05, 0.1) is 11.0 Å². The van der Waals surface area contributed by atoms with Gasteiger partial charge in [0.15, 0.2) is 5.69 Å². The van der Waals surface area contributed by atoms with Crippen molar-refractivity contribution >= 4 is 22.7 Å². The molecule has 1 aromatic heterocycles. The second kappa shape index (κ2) is 11.0. The summed E-state index contributed by atoms with van der Waals surface area (Å²) in [6.07, 6.45) is 14.8. The Labute approximate surface area is 230 Å². The Morgan fingerprint density at radius 2 is 1.59 bits per heavy atom. The first-order valence-corrected chi connectivity index (χ1v) is 15.1. The number of nitrogens with zero attached hydrogens (tertiary/aromatic N) is 4. The van der Waals surface area contributed by atoms with E-state index in [1.807, 2.05) is 28.8 Å². The molecule has 2 saturated heterocycles. The lowest BCUT2D eigenvalue weighted by Gasteiger charge is -2.54. The maximum Gasteiger partial charge on any atom is 0.360 e. The molecule has 0 spiro atoms. The monoisotopic (exact) mass is 534 g/mol. The molecular weight excluding hydrogens is 492 g/mol. The number of carbonyl (C=O) groups is 1. The molecule has 3 heterocycles. The summed E-state index contributed by atoms with van der Waals surface area (Å²) in [4.78, 5) is 38.9. The number of benzene rings is 1. The highest BCUT2D eigenvalue weighted by Gasteiger charge is 2.45. The molecule has 8 nitrogen and oxygen atoms in total. The van der Waals surface area contributed by atoms with Gasteiger partial charge in [-0.2, -0.15) is 0 Å². The number of piperidine rings is 2. The van der Waals surface area contributed by atoms with Crippen molar-refractivity contribution in [2.75, 3.05) is 0 Å². The van der Waals surface area contributed by atoms with Gasteiger partial charge in [0.1, 0.15) is 6.10 Å². The van der Waals surface area contributed by atoms with Crippen molar-refractivity contribution in [2.24, 2.45) is 17.0 Å². The molecule has 4 atom stereocenters. The lowest BCUT2D eigenvalue weighted by atomic mass is 9.73. The molecule has 1 N–H and O–H groups in total. The Bertz CT molecular complexity index is 1280. The third-order valence-electron chi connectivity index (χ3n) is 9.72. The molecule has 210 valence electrons. The van der Waals surface area contributed by atoms with Gasteiger partial charge < -0.3 is 14.5 Å². The second-order valence-corrected chi connectivity index (χ2v) is 12.7. The average molecular weight is 535 g/mol. The molecule has 4 fully saturated rings. The average Bonchev–Trinajstić information content (AvgIpc) is 3.07. The number of fused-ring (bicyclic) bond motifs is 5. The Hall–Kier alpha value is -2.74. The summed E-state index contributed by atoms with van der Waals surface area (Å²) in [6, 6.07) is 9.18. The van der Waals surface area contributed by atoms with E-state index in [0.29, 0.717) is 23.6 Å². The van der Waals surface area contributed by atoms with E-state index < -0.39 is 11.7 Å². The lowest BCUT2D eigenvalue weighted by molar-refractivity contribution is -0.129. The molecule has 6 rings (SSSR count). The van der Waals surface area contributed by atoms with Crippen LogP contribution in [-0.2, 0) is 9.63 Å². The van der Waals surface area contributed by atoms with Crippen LogP contribution in [0.4, 0.5) is 0 Å². The SMILES string of the molecule is CC(C)O/N=C(\C(=O)O)c1nc2ccccc2n(C2CC3CCCC(C2)N3C2CC3CCCCC(C3)C2)c1=O. The number of hydrogen-bond donors (Lipinski definition) is 1. The second-order valence-electron chi connectivity index (χ2n) is 12.7. The number of aromatic nitrogens is 2. The van der Waals surface area contributed by atoms with Crippen LogP contribution in [0.3, 0.4) is 0 Å². The van der Waals surface area contributed by atoms with Crippen LogP contribution in [0.5, 0.6) is 0 Å². The molecule has 2 aromatic rings. The van der Waals surface area contributed by atoms with Crippen LogP contribution in [0.1, 0.15) is 103 Å². The molecule has 0 amide bonds. The van der Waals surface area contributed by atoms with Gasteiger partial charge in [-0.3, -0.25) is 9.69 Å². The summed E-state index contributed by atoms with van der Waals surface area (Å²) in [6.45, 7) is 3.53. The summed E-state index contributed by atoms with van der Waals surface area (Å²) >= 11 is 0. The minimum Gasteiger partial charge on any atom is -0.476 e. The fourth-order valence-corrected chi connectivity index (χ4v) is 8.32. The van der Waals surface area contributed by atoms with Crippen LogP contribution in [-0.4, -0.2) is 55.5 Å². The van der Waals surface area contributed by atoms with Crippen molar-refractivity contribution < 1.29 is 14.7 Å². The van der Waals surface area contributed by atoms with E-state index in [-0.39, 0.29) is 23.4 Å². The molecule has 2 aliphatic heterocycles. The summed E-state index contributed by atoms with van der Waals surface area (Å²) in [5, 5.41) is 13.8. The molecule has 39 heavy (non-hydrogen) atoms. The number of carboxylic acid groups (broad SMARTS) is 1. The highest BCUT2D eigenvalue weighted by Crippen LogP contribution is 2.47. The van der Waals surface area contributed by atoms with E-state index in [9.17, 15) is 14.7 Å². The van der Waals surface area contributed by atoms with Gasteiger partial charge >= 0.3 is 5.97 Å². The van der Waals surface area contributed by atoms with Crippen molar-refractivity contribution in [3.8, 4) is 0 Å². The minimum absolute atomic E-state index is 0.00244. The first kappa shape index (κ1) is 26.5. The van der Waals surface area contributed by atoms with Crippen LogP contribution >= 0.6 is 0 Å². The number of hydrogen-bond acceptors (Lipinski definition) is 6. The number of oxime groups is 1. The first-order chi connectivity index (χ1) is 18.9. The van der Waals surface area contributed by atoms with Gasteiger partial charge in [-0.1, -0.05) is 49.4 Å². The maximum atomic E-state index is 14.0. The summed E-state index contributed by atoms with van der Waals surface area (Å²) < 4.78 is 1.84. The van der Waals surface area contributed by atoms with Crippen molar-refractivity contribution in [2.45, 2.75) is 121 Å². The van der Waals surface area contributed by atoms with Crippen molar-refractivity contribution in [3.63, 3.8) is 0 Å². The van der Waals surface area contributed by atoms with Crippen molar-refractivity contribution in [3.05, 3.63) is 40.3 Å². The Morgan fingerprint density at radius 3 is 2.23 bits per heavy atom. The molecule has 1 aromatic carbocycles. The number of para-hydroxylation sites is 2. The Balaban J connectivity index is 1.36. The van der Waals surface area contributed by atoms with Crippen LogP contribution < -0.4 is 5.56 Å². The van der Waals surface area contributed by atoms with Gasteiger partial charge in [0, 0.05) is 24.2 Å². The third-order valence-corrected chi connectivity index (χ3v) is 9.72. The van der Waals surface area contributed by atoms with E-state index in [1.54, 1.807) is 13.8 Å². The largest absolute Gasteiger partial charge is 0.476 e. The zero-order valence-electron chi connectivity index (χ0n) is 23.3. The maximum absolute atomic E-state index is 14.0. The predicted molar refractivity (Wildman–Crippen MR) is 151 cm³/mol. The molecule has 4 bridgehead atoms. The van der Waals surface area contributed by atoms with Gasteiger partial charge in [-0.05, 0) is 82.8 Å². The lowest BCUT2D eigenvalue weighted by Crippen LogP contribution is -2.58. The van der Waals surface area contributed by atoms with E-state index >= 15 is 0 Å². The van der Waals surface area contributed by atoms with E-state index in [4.69, 9.17) is 4.84 Å². The van der Waals surface area contributed by atoms with E-state index in [1.165, 1.54) is 64.2 Å². The quantitative estimate of drug-likeness (QED) is 0.387. The highest BCUT2D eigenvalue weighted by molar-refractivity contribution is 6.41. The Morgan fingerprint density at radius 1 is 0.923 bits per heavy atom. The fourth-order valence-electron chi connectivity index (χ4n) is 8.32. The molecule has 4 aliphatic rings. The van der Waals surface area contributed by atoms with Gasteiger partial charge in [0.25, 0.3) is 5.56 Å². The third kappa shape index (κ3) is 5.24. The molecule has 2 aliphatic carbocycles. The van der Waals surface area contributed by atoms with Gasteiger partial charge in [0.2, 0.25) is 5.71 Å². The van der Waals surface area contributed by atoms with Gasteiger partial charge in [-0.25, -0.2) is 9.78 Å². The molecule has 0 radical (unpaired) electrons. The number of rotatable bonds is 6. The fraction of sp³-hybridized carbons (Fsp3) is 0.677. The smallest absolute Gasteiger partial charge is 0.360 e. The Kier molecular flexibility index (Phi) is 7.49. The predicted octanol–water partition coefficient (Wildman–Crippen LogP) is 5.53. The van der Waals surface area contributed by atoms with E-state index in [0.717, 1.165) is 30.2 Å². The molecular formula is C31H42N4O4. The highest BCUT2D eigenvalue weighted by atomic mass is 16.6. The van der Waals surface area contributed by atoms with Crippen molar-refractivity contribution in [1.82, 2.24) is 14.5 Å². The summed E-state index contributed by atoms with van der Waals surface area (Å²) in [5.41, 5.74) is 0.402. The standard InChI is InChI=1S/C31H42N4O4/c1-19(2)39-33-29(31(37)38)28-30(36)35(27-13-6-5-12-26(27)32-28)25-17-22-10-7-11-23(18-25)34(22)24-15-20-8-3-4-9-21(14-20)16-24/h5-6,12-13,19-25H,3-4,7-11,14-18H2,1-2H3,(H,37,38)/b33-29-. The van der Waals surface area contributed by atoms with E-state index in [2.05, 4.69) is 15.0 Å². The summed E-state index contributed by atoms with van der Waals surface area (Å²) in [5.74, 6) is 0.448. The van der Waals surface area contributed by atoms with Crippen LogP contribution in [0, 0.1) is 11.8 Å². The van der Waals surface area contributed by atoms with Crippen LogP contribution in [0.2, 0.25) is 0 Å². The summed E-state index contributed by atoms with van der Waals surface area (Å²) in [7, 11) is 0. The minimum atomic E-state index is -1.31. The topological polar surface area (TPSA) is 97.0 Å². The first-order valence-electron chi connectivity index (χ1n) is 15.1. The molecule has 2 saturated carbocycles.